The number of aryl methyl sites for hydroxylation is 1. The lowest BCUT2D eigenvalue weighted by atomic mass is 9.90. The van der Waals surface area contributed by atoms with E-state index in [0.29, 0.717) is 18.4 Å². The van der Waals surface area contributed by atoms with Crippen molar-refractivity contribution in [3.63, 3.8) is 0 Å². The maximum atomic E-state index is 11.1. The summed E-state index contributed by atoms with van der Waals surface area (Å²) in [5.74, 6) is 3.04. The van der Waals surface area contributed by atoms with Gasteiger partial charge in [0.15, 0.2) is 0 Å². The highest BCUT2D eigenvalue weighted by Gasteiger charge is 2.55. The van der Waals surface area contributed by atoms with Gasteiger partial charge < -0.3 is 14.3 Å². The van der Waals surface area contributed by atoms with Gasteiger partial charge in [-0.2, -0.15) is 0 Å². The molecule has 3 aromatic carbocycles. The van der Waals surface area contributed by atoms with Crippen molar-refractivity contribution in [2.24, 2.45) is 11.8 Å². The summed E-state index contributed by atoms with van der Waals surface area (Å²) in [5, 5.41) is 0. The topological polar surface area (TPSA) is 35.5 Å². The molecule has 31 heavy (non-hydrogen) atoms. The van der Waals surface area contributed by atoms with Crippen LogP contribution in [0.15, 0.2) is 48.5 Å². The Labute approximate surface area is 184 Å². The molecule has 2 aliphatic rings. The second-order valence-corrected chi connectivity index (χ2v) is 8.93. The number of rotatable bonds is 6. The highest BCUT2D eigenvalue weighted by molar-refractivity contribution is 5.76. The van der Waals surface area contributed by atoms with Gasteiger partial charge in [-0.05, 0) is 102 Å². The largest absolute Gasteiger partial charge is 0.496 e. The molecule has 0 amide bonds. The minimum absolute atomic E-state index is 0.244. The molecule has 5 rings (SSSR count). The molecule has 3 nitrogen and oxygen atoms in total. The fraction of sp³-hybridized carbons (Fsp3) is 0.321. The molecule has 158 valence electrons. The lowest BCUT2D eigenvalue weighted by Gasteiger charge is -2.18. The van der Waals surface area contributed by atoms with Gasteiger partial charge in [-0.3, -0.25) is 0 Å². The Hall–Kier alpha value is -3.07. The van der Waals surface area contributed by atoms with E-state index in [1.807, 2.05) is 6.07 Å². The summed E-state index contributed by atoms with van der Waals surface area (Å²) in [4.78, 5) is 11.1. The molecule has 0 N–H and O–H groups in total. The van der Waals surface area contributed by atoms with E-state index in [-0.39, 0.29) is 5.92 Å². The maximum Gasteiger partial charge on any atom is 0.124 e. The zero-order valence-corrected chi connectivity index (χ0v) is 18.6. The highest BCUT2D eigenvalue weighted by Crippen LogP contribution is 2.60. The molecule has 1 saturated carbocycles. The molecule has 3 atom stereocenters. The van der Waals surface area contributed by atoms with Gasteiger partial charge in [-0.15, -0.1) is 0 Å². The summed E-state index contributed by atoms with van der Waals surface area (Å²) >= 11 is 0. The van der Waals surface area contributed by atoms with Crippen LogP contribution in [0.1, 0.15) is 39.3 Å². The minimum atomic E-state index is 0.244. The van der Waals surface area contributed by atoms with Crippen LogP contribution in [0.3, 0.4) is 0 Å². The van der Waals surface area contributed by atoms with Crippen molar-refractivity contribution in [2.75, 3.05) is 7.11 Å². The lowest BCUT2D eigenvalue weighted by Crippen LogP contribution is -2.02. The maximum absolute atomic E-state index is 11.1. The van der Waals surface area contributed by atoms with Crippen LogP contribution in [0.25, 0.3) is 11.1 Å². The fourth-order valence-electron chi connectivity index (χ4n) is 5.45. The van der Waals surface area contributed by atoms with Gasteiger partial charge in [0.25, 0.3) is 0 Å². The Morgan fingerprint density at radius 3 is 2.65 bits per heavy atom. The van der Waals surface area contributed by atoms with E-state index in [4.69, 9.17) is 9.47 Å². The van der Waals surface area contributed by atoms with Crippen molar-refractivity contribution in [1.29, 1.82) is 0 Å². The number of carbonyl (C=O) groups excluding carboxylic acids is 1. The Morgan fingerprint density at radius 2 is 1.87 bits per heavy atom. The molecular formula is C28H28O3. The van der Waals surface area contributed by atoms with Crippen molar-refractivity contribution in [1.82, 2.24) is 0 Å². The van der Waals surface area contributed by atoms with Gasteiger partial charge >= 0.3 is 0 Å². The molecule has 0 aromatic heterocycles. The number of fused-ring (bicyclic) bond motifs is 3. The van der Waals surface area contributed by atoms with Gasteiger partial charge in [0, 0.05) is 5.92 Å². The quantitative estimate of drug-likeness (QED) is 0.469. The van der Waals surface area contributed by atoms with E-state index in [1.54, 1.807) is 7.11 Å². The molecule has 0 heterocycles. The first-order chi connectivity index (χ1) is 15.0. The minimum Gasteiger partial charge on any atom is -0.496 e. The number of carbonyl (C=O) groups is 1. The van der Waals surface area contributed by atoms with E-state index in [0.717, 1.165) is 29.8 Å². The number of aldehydes is 1. The third-order valence-corrected chi connectivity index (χ3v) is 7.27. The van der Waals surface area contributed by atoms with Gasteiger partial charge in [0.2, 0.25) is 0 Å². The van der Waals surface area contributed by atoms with Crippen LogP contribution in [0.5, 0.6) is 11.5 Å². The Morgan fingerprint density at radius 1 is 1.03 bits per heavy atom. The SMILES string of the molecule is COc1ccc(C)c(-c2cccc(COc3ccc4c(c3)C[C@H]3[C@H](C=O)[C@@H]43)c2C)c1C. The predicted molar refractivity (Wildman–Crippen MR) is 123 cm³/mol. The van der Waals surface area contributed by atoms with Crippen molar-refractivity contribution in [3.8, 4) is 22.6 Å². The summed E-state index contributed by atoms with van der Waals surface area (Å²) in [6, 6.07) is 17.0. The number of methoxy groups -OCH3 is 1. The molecule has 1 fully saturated rings. The molecule has 3 heteroatoms. The van der Waals surface area contributed by atoms with Crippen molar-refractivity contribution in [2.45, 2.75) is 39.7 Å². The lowest BCUT2D eigenvalue weighted by molar-refractivity contribution is -0.109. The molecule has 0 spiro atoms. The van der Waals surface area contributed by atoms with Crippen LogP contribution in [0.2, 0.25) is 0 Å². The Kier molecular flexibility index (Phi) is 4.85. The number of benzene rings is 3. The van der Waals surface area contributed by atoms with Crippen LogP contribution >= 0.6 is 0 Å². The summed E-state index contributed by atoms with van der Waals surface area (Å²) in [6.07, 6.45) is 2.13. The normalized spacial score (nSPS) is 20.7. The summed E-state index contributed by atoms with van der Waals surface area (Å²) in [6.45, 7) is 6.97. The first kappa shape index (κ1) is 19.9. The first-order valence-electron chi connectivity index (χ1n) is 11.0. The van der Waals surface area contributed by atoms with Crippen LogP contribution in [0.4, 0.5) is 0 Å². The third-order valence-electron chi connectivity index (χ3n) is 7.27. The van der Waals surface area contributed by atoms with E-state index >= 15 is 0 Å². The van der Waals surface area contributed by atoms with Crippen molar-refractivity contribution in [3.05, 3.63) is 81.9 Å². The van der Waals surface area contributed by atoms with Gasteiger partial charge in [-0.1, -0.05) is 30.3 Å². The molecule has 2 aliphatic carbocycles. The number of hydrogen-bond donors (Lipinski definition) is 0. The molecule has 0 saturated heterocycles. The first-order valence-corrected chi connectivity index (χ1v) is 11.0. The molecule has 0 bridgehead atoms. The van der Waals surface area contributed by atoms with Crippen LogP contribution < -0.4 is 9.47 Å². The fourth-order valence-corrected chi connectivity index (χ4v) is 5.45. The number of ether oxygens (including phenoxy) is 2. The molecule has 0 unspecified atom stereocenters. The monoisotopic (exact) mass is 412 g/mol. The van der Waals surface area contributed by atoms with Gasteiger partial charge in [0.05, 0.1) is 7.11 Å². The van der Waals surface area contributed by atoms with Crippen LogP contribution in [-0.4, -0.2) is 13.4 Å². The average molecular weight is 413 g/mol. The van der Waals surface area contributed by atoms with E-state index in [1.165, 1.54) is 38.9 Å². The smallest absolute Gasteiger partial charge is 0.124 e. The summed E-state index contributed by atoms with van der Waals surface area (Å²) < 4.78 is 11.8. The third kappa shape index (κ3) is 3.23. The highest BCUT2D eigenvalue weighted by atomic mass is 16.5. The van der Waals surface area contributed by atoms with E-state index in [9.17, 15) is 4.79 Å². The molecular weight excluding hydrogens is 384 g/mol. The summed E-state index contributed by atoms with van der Waals surface area (Å²) in [5.41, 5.74) is 9.97. The predicted octanol–water partition coefficient (Wildman–Crippen LogP) is 5.95. The van der Waals surface area contributed by atoms with Crippen molar-refractivity contribution >= 4 is 6.29 Å². The Bertz CT molecular complexity index is 1180. The molecule has 3 aromatic rings. The average Bonchev–Trinajstić information content (AvgIpc) is 3.33. The van der Waals surface area contributed by atoms with E-state index < -0.39 is 0 Å². The zero-order chi connectivity index (χ0) is 21.7. The Balaban J connectivity index is 1.38. The molecule has 0 radical (unpaired) electrons. The van der Waals surface area contributed by atoms with Gasteiger partial charge in [0.1, 0.15) is 24.4 Å². The van der Waals surface area contributed by atoms with Gasteiger partial charge in [-0.25, -0.2) is 0 Å². The second-order valence-electron chi connectivity index (χ2n) is 8.93. The van der Waals surface area contributed by atoms with E-state index in [2.05, 4.69) is 63.2 Å². The zero-order valence-electron chi connectivity index (χ0n) is 18.6. The summed E-state index contributed by atoms with van der Waals surface area (Å²) in [7, 11) is 1.72. The second kappa shape index (κ2) is 7.56. The standard InChI is InChI=1S/C28H28O3/c1-16-8-11-26(30-4)18(3)27(16)22-7-5-6-19(17(22)2)15-31-21-9-10-23-20(12-21)13-24-25(14-29)28(23)24/h5-12,14,24-25,28H,13,15H2,1-4H3/t24-,25-,28-/m0/s1. The molecule has 0 aliphatic heterocycles. The van der Waals surface area contributed by atoms with Crippen LogP contribution in [0, 0.1) is 32.6 Å². The number of hydrogen-bond acceptors (Lipinski definition) is 3. The van der Waals surface area contributed by atoms with Crippen molar-refractivity contribution < 1.29 is 14.3 Å². The van der Waals surface area contributed by atoms with Crippen LogP contribution in [-0.2, 0) is 17.8 Å².